The molecule has 0 atom stereocenters. The normalized spacial score (nSPS) is 11.6. The molecule has 0 saturated carbocycles. The fraction of sp³-hybridized carbons (Fsp3) is 0.400. The molecule has 6 heteroatoms. The molecule has 0 spiro atoms. The van der Waals surface area contributed by atoms with Gasteiger partial charge in [-0.3, -0.25) is 0 Å². The van der Waals surface area contributed by atoms with E-state index in [0.29, 0.717) is 13.0 Å². The first-order chi connectivity index (χ1) is 7.54. The molecule has 0 unspecified atom stereocenters. The molecule has 0 fully saturated rings. The summed E-state index contributed by atoms with van der Waals surface area (Å²) in [6.07, 6.45) is 2.27. The van der Waals surface area contributed by atoms with Crippen molar-refractivity contribution >= 4 is 27.6 Å². The average molecular weight is 287 g/mol. The van der Waals surface area contributed by atoms with Crippen LogP contribution in [0.5, 0.6) is 0 Å². The molecule has 0 amide bonds. The number of rotatable bonds is 4. The smallest absolute Gasteiger partial charge is 0.140 e. The number of oxime groups is 1. The van der Waals surface area contributed by atoms with Crippen LogP contribution in [0, 0.1) is 6.92 Å². The van der Waals surface area contributed by atoms with E-state index < -0.39 is 0 Å². The second kappa shape index (κ2) is 5.69. The quantitative estimate of drug-likeness (QED) is 0.383. The van der Waals surface area contributed by atoms with Crippen molar-refractivity contribution in [1.29, 1.82) is 0 Å². The van der Waals surface area contributed by atoms with Crippen molar-refractivity contribution in [1.82, 2.24) is 4.98 Å². The third-order valence-electron chi connectivity index (χ3n) is 2.26. The number of hydrogen-bond acceptors (Lipinski definition) is 4. The van der Waals surface area contributed by atoms with E-state index in [4.69, 9.17) is 10.9 Å². The molecule has 5 nitrogen and oxygen atoms in total. The molecule has 0 bridgehead atoms. The van der Waals surface area contributed by atoms with E-state index in [2.05, 4.69) is 26.1 Å². The van der Waals surface area contributed by atoms with Crippen LogP contribution < -0.4 is 10.6 Å². The molecule has 0 aliphatic carbocycles. The van der Waals surface area contributed by atoms with Gasteiger partial charge in [-0.15, -0.1) is 0 Å². The summed E-state index contributed by atoms with van der Waals surface area (Å²) in [5.41, 5.74) is 6.52. The molecule has 0 radical (unpaired) electrons. The molecule has 3 N–H and O–H groups in total. The largest absolute Gasteiger partial charge is 0.409 e. The summed E-state index contributed by atoms with van der Waals surface area (Å²) < 4.78 is 0.987. The highest BCUT2D eigenvalue weighted by molar-refractivity contribution is 9.10. The van der Waals surface area contributed by atoms with Gasteiger partial charge in [0, 0.05) is 30.7 Å². The van der Waals surface area contributed by atoms with E-state index in [1.165, 1.54) is 0 Å². The fourth-order valence-corrected chi connectivity index (χ4v) is 1.40. The molecule has 88 valence electrons. The number of aromatic nitrogens is 1. The minimum Gasteiger partial charge on any atom is -0.409 e. The van der Waals surface area contributed by atoms with Crippen molar-refractivity contribution in [3.63, 3.8) is 0 Å². The Morgan fingerprint density at radius 2 is 2.38 bits per heavy atom. The summed E-state index contributed by atoms with van der Waals surface area (Å²) in [7, 11) is 1.92. The Kier molecular flexibility index (Phi) is 4.54. The average Bonchev–Trinajstić information content (AvgIpc) is 2.29. The summed E-state index contributed by atoms with van der Waals surface area (Å²) in [5.74, 6) is 1.09. The van der Waals surface area contributed by atoms with E-state index in [-0.39, 0.29) is 5.84 Å². The van der Waals surface area contributed by atoms with Gasteiger partial charge in [-0.2, -0.15) is 0 Å². The topological polar surface area (TPSA) is 74.7 Å². The lowest BCUT2D eigenvalue weighted by molar-refractivity contribution is 0.317. The zero-order valence-electron chi connectivity index (χ0n) is 9.31. The lowest BCUT2D eigenvalue weighted by atomic mass is 10.3. The summed E-state index contributed by atoms with van der Waals surface area (Å²) in [6.45, 7) is 2.66. The summed E-state index contributed by atoms with van der Waals surface area (Å²) in [6, 6.07) is 1.98. The Morgan fingerprint density at radius 1 is 1.69 bits per heavy atom. The molecular weight excluding hydrogens is 272 g/mol. The van der Waals surface area contributed by atoms with Gasteiger partial charge >= 0.3 is 0 Å². The molecule has 0 aliphatic rings. The van der Waals surface area contributed by atoms with Crippen molar-refractivity contribution in [2.45, 2.75) is 13.3 Å². The third-order valence-corrected chi connectivity index (χ3v) is 3.09. The number of aryl methyl sites for hydroxylation is 1. The molecule has 1 aromatic heterocycles. The molecular formula is C10H15BrN4O. The Labute approximate surface area is 103 Å². The minimum absolute atomic E-state index is 0.223. The van der Waals surface area contributed by atoms with Crippen molar-refractivity contribution < 1.29 is 5.21 Å². The summed E-state index contributed by atoms with van der Waals surface area (Å²) in [4.78, 5) is 6.23. The maximum Gasteiger partial charge on any atom is 0.140 e. The van der Waals surface area contributed by atoms with Gasteiger partial charge in [-0.05, 0) is 34.5 Å². The maximum absolute atomic E-state index is 8.42. The van der Waals surface area contributed by atoms with E-state index in [1.807, 2.05) is 24.9 Å². The van der Waals surface area contributed by atoms with Crippen molar-refractivity contribution in [3.8, 4) is 0 Å². The SMILES string of the molecule is Cc1cc(N(C)CC/C(N)=N/O)ncc1Br. The Balaban J connectivity index is 2.66. The van der Waals surface area contributed by atoms with Crippen LogP contribution in [-0.2, 0) is 0 Å². The number of pyridine rings is 1. The third kappa shape index (κ3) is 3.37. The van der Waals surface area contributed by atoms with Crippen molar-refractivity contribution in [3.05, 3.63) is 22.3 Å². The first-order valence-corrected chi connectivity index (χ1v) is 5.63. The lowest BCUT2D eigenvalue weighted by Crippen LogP contribution is -2.25. The van der Waals surface area contributed by atoms with E-state index >= 15 is 0 Å². The highest BCUT2D eigenvalue weighted by atomic mass is 79.9. The number of nitrogens with two attached hydrogens (primary N) is 1. The molecule has 0 saturated heterocycles. The number of hydrogen-bond donors (Lipinski definition) is 2. The second-order valence-corrected chi connectivity index (χ2v) is 4.41. The van der Waals surface area contributed by atoms with Crippen LogP contribution in [0.1, 0.15) is 12.0 Å². The van der Waals surface area contributed by atoms with Crippen LogP contribution in [-0.4, -0.2) is 29.6 Å². The molecule has 1 heterocycles. The van der Waals surface area contributed by atoms with Gasteiger partial charge in [0.2, 0.25) is 0 Å². The van der Waals surface area contributed by atoms with E-state index in [9.17, 15) is 0 Å². The number of nitrogens with zero attached hydrogens (tertiary/aromatic N) is 3. The van der Waals surface area contributed by atoms with Crippen LogP contribution >= 0.6 is 15.9 Å². The molecule has 16 heavy (non-hydrogen) atoms. The van der Waals surface area contributed by atoms with Gasteiger partial charge in [0.25, 0.3) is 0 Å². The Morgan fingerprint density at radius 3 is 2.94 bits per heavy atom. The lowest BCUT2D eigenvalue weighted by Gasteiger charge is -2.18. The first kappa shape index (κ1) is 12.8. The van der Waals surface area contributed by atoms with Crippen LogP contribution in [0.25, 0.3) is 0 Å². The van der Waals surface area contributed by atoms with Gasteiger partial charge in [0.1, 0.15) is 11.7 Å². The van der Waals surface area contributed by atoms with Gasteiger partial charge in [0.15, 0.2) is 0 Å². The number of amidine groups is 1. The Bertz CT molecular complexity index is 394. The maximum atomic E-state index is 8.42. The predicted octanol–water partition coefficient (Wildman–Crippen LogP) is 1.73. The summed E-state index contributed by atoms with van der Waals surface area (Å²) >= 11 is 3.40. The van der Waals surface area contributed by atoms with Gasteiger partial charge in [-0.25, -0.2) is 4.98 Å². The Hall–Kier alpha value is -1.30. The molecule has 0 aliphatic heterocycles. The fourth-order valence-electron chi connectivity index (χ4n) is 1.18. The van der Waals surface area contributed by atoms with Gasteiger partial charge in [-0.1, -0.05) is 5.16 Å². The van der Waals surface area contributed by atoms with Crippen LogP contribution in [0.2, 0.25) is 0 Å². The van der Waals surface area contributed by atoms with E-state index in [0.717, 1.165) is 15.9 Å². The number of anilines is 1. The molecule has 1 rings (SSSR count). The van der Waals surface area contributed by atoms with Crippen molar-refractivity contribution in [2.24, 2.45) is 10.9 Å². The van der Waals surface area contributed by atoms with E-state index in [1.54, 1.807) is 6.20 Å². The van der Waals surface area contributed by atoms with Crippen LogP contribution in [0.15, 0.2) is 21.9 Å². The minimum atomic E-state index is 0.223. The van der Waals surface area contributed by atoms with Crippen LogP contribution in [0.4, 0.5) is 5.82 Å². The second-order valence-electron chi connectivity index (χ2n) is 3.55. The highest BCUT2D eigenvalue weighted by Crippen LogP contribution is 2.19. The first-order valence-electron chi connectivity index (χ1n) is 4.84. The zero-order chi connectivity index (χ0) is 12.1. The molecule has 1 aromatic rings. The zero-order valence-corrected chi connectivity index (χ0v) is 10.9. The van der Waals surface area contributed by atoms with Gasteiger partial charge < -0.3 is 15.8 Å². The standard InChI is InChI=1S/C10H15BrN4O/c1-7-5-10(13-6-8(7)11)15(2)4-3-9(12)14-16/h5-6,16H,3-4H2,1-2H3,(H2,12,14). The highest BCUT2D eigenvalue weighted by Gasteiger charge is 2.05. The number of halogens is 1. The summed E-state index contributed by atoms with van der Waals surface area (Å²) in [5, 5.41) is 11.3. The molecule has 0 aromatic carbocycles. The van der Waals surface area contributed by atoms with Gasteiger partial charge in [0.05, 0.1) is 0 Å². The van der Waals surface area contributed by atoms with Crippen molar-refractivity contribution in [2.75, 3.05) is 18.5 Å². The van der Waals surface area contributed by atoms with Crippen LogP contribution in [0.3, 0.4) is 0 Å². The monoisotopic (exact) mass is 286 g/mol. The predicted molar refractivity (Wildman–Crippen MR) is 68.0 cm³/mol.